The van der Waals surface area contributed by atoms with Crippen LogP contribution in [-0.4, -0.2) is 55.3 Å². The molecule has 0 bridgehead atoms. The van der Waals surface area contributed by atoms with Gasteiger partial charge in [0.25, 0.3) is 0 Å². The smallest absolute Gasteiger partial charge is 0.224 e. The maximum Gasteiger partial charge on any atom is 0.224 e. The molecule has 0 saturated heterocycles. The number of nitrogens with zero attached hydrogens (tertiary/aromatic N) is 3. The molecule has 1 saturated carbocycles. The highest BCUT2D eigenvalue weighted by Gasteiger charge is 2.25. The van der Waals surface area contributed by atoms with Crippen molar-refractivity contribution in [3.8, 4) is 11.8 Å². The number of hydrogen-bond acceptors (Lipinski definition) is 6. The summed E-state index contributed by atoms with van der Waals surface area (Å²) in [4.78, 5) is 10.6. The van der Waals surface area contributed by atoms with Crippen molar-refractivity contribution in [2.75, 3.05) is 34.4 Å². The molecule has 0 spiro atoms. The van der Waals surface area contributed by atoms with Gasteiger partial charge in [-0.1, -0.05) is 0 Å². The van der Waals surface area contributed by atoms with E-state index in [-0.39, 0.29) is 0 Å². The Balaban J connectivity index is 1.83. The van der Waals surface area contributed by atoms with E-state index in [1.165, 1.54) is 19.2 Å². The first kappa shape index (κ1) is 14.0. The van der Waals surface area contributed by atoms with Crippen LogP contribution in [0.4, 0.5) is 0 Å². The Kier molecular flexibility index (Phi) is 4.93. The number of methoxy groups -OCH3 is 2. The van der Waals surface area contributed by atoms with Gasteiger partial charge in [0.05, 0.1) is 19.8 Å². The van der Waals surface area contributed by atoms with Gasteiger partial charge in [0.2, 0.25) is 11.8 Å². The lowest BCUT2D eigenvalue weighted by Crippen LogP contribution is -2.30. The summed E-state index contributed by atoms with van der Waals surface area (Å²) >= 11 is 0. The SMILES string of the molecule is COc1ncnc(OC)c1CNCCN(C)C1CC1. The first-order valence-corrected chi connectivity index (χ1v) is 6.59. The van der Waals surface area contributed by atoms with E-state index in [0.29, 0.717) is 18.3 Å². The van der Waals surface area contributed by atoms with Crippen LogP contribution in [0.2, 0.25) is 0 Å². The van der Waals surface area contributed by atoms with Crippen molar-refractivity contribution < 1.29 is 9.47 Å². The molecule has 6 heteroatoms. The van der Waals surface area contributed by atoms with Crippen molar-refractivity contribution in [2.24, 2.45) is 0 Å². The summed E-state index contributed by atoms with van der Waals surface area (Å²) in [5.74, 6) is 1.13. The summed E-state index contributed by atoms with van der Waals surface area (Å²) in [5.41, 5.74) is 0.863. The van der Waals surface area contributed by atoms with E-state index in [2.05, 4.69) is 27.2 Å². The molecule has 0 aromatic carbocycles. The number of aromatic nitrogens is 2. The zero-order valence-corrected chi connectivity index (χ0v) is 11.8. The second-order valence-corrected chi connectivity index (χ2v) is 4.76. The van der Waals surface area contributed by atoms with E-state index in [1.807, 2.05) is 0 Å². The lowest BCUT2D eigenvalue weighted by molar-refractivity contribution is 0.319. The third-order valence-corrected chi connectivity index (χ3v) is 3.37. The van der Waals surface area contributed by atoms with Crippen molar-refractivity contribution in [2.45, 2.75) is 25.4 Å². The van der Waals surface area contributed by atoms with Crippen molar-refractivity contribution >= 4 is 0 Å². The molecule has 1 aliphatic carbocycles. The normalized spacial score (nSPS) is 14.7. The molecule has 1 aromatic heterocycles. The fourth-order valence-corrected chi connectivity index (χ4v) is 2.05. The minimum Gasteiger partial charge on any atom is -0.481 e. The molecule has 1 N–H and O–H groups in total. The van der Waals surface area contributed by atoms with Crippen LogP contribution in [0.15, 0.2) is 6.33 Å². The largest absolute Gasteiger partial charge is 0.481 e. The van der Waals surface area contributed by atoms with E-state index < -0.39 is 0 Å². The van der Waals surface area contributed by atoms with Crippen molar-refractivity contribution in [3.05, 3.63) is 11.9 Å². The number of rotatable bonds is 8. The zero-order valence-electron chi connectivity index (χ0n) is 11.8. The van der Waals surface area contributed by atoms with Crippen LogP contribution >= 0.6 is 0 Å². The lowest BCUT2D eigenvalue weighted by Gasteiger charge is -2.16. The topological polar surface area (TPSA) is 59.5 Å². The van der Waals surface area contributed by atoms with Crippen LogP contribution in [0, 0.1) is 0 Å². The van der Waals surface area contributed by atoms with Gasteiger partial charge in [-0.2, -0.15) is 0 Å². The highest BCUT2D eigenvalue weighted by Crippen LogP contribution is 2.25. The first-order chi connectivity index (χ1) is 9.26. The van der Waals surface area contributed by atoms with E-state index in [1.54, 1.807) is 14.2 Å². The fourth-order valence-electron chi connectivity index (χ4n) is 2.05. The Morgan fingerprint density at radius 3 is 2.42 bits per heavy atom. The highest BCUT2D eigenvalue weighted by atomic mass is 16.5. The number of hydrogen-bond donors (Lipinski definition) is 1. The second kappa shape index (κ2) is 6.68. The molecule has 1 fully saturated rings. The van der Waals surface area contributed by atoms with Gasteiger partial charge in [-0.3, -0.25) is 0 Å². The number of nitrogens with one attached hydrogen (secondary N) is 1. The molecule has 0 aliphatic heterocycles. The molecule has 0 atom stereocenters. The van der Waals surface area contributed by atoms with Gasteiger partial charge >= 0.3 is 0 Å². The molecule has 6 nitrogen and oxygen atoms in total. The van der Waals surface area contributed by atoms with E-state index in [9.17, 15) is 0 Å². The van der Waals surface area contributed by atoms with Crippen LogP contribution in [0.5, 0.6) is 11.8 Å². The average molecular weight is 266 g/mol. The van der Waals surface area contributed by atoms with Gasteiger partial charge in [-0.25, -0.2) is 9.97 Å². The zero-order chi connectivity index (χ0) is 13.7. The molecule has 1 aromatic rings. The molecular formula is C13H22N4O2. The summed E-state index contributed by atoms with van der Waals surface area (Å²) in [6.07, 6.45) is 4.12. The first-order valence-electron chi connectivity index (χ1n) is 6.59. The Morgan fingerprint density at radius 2 is 1.89 bits per heavy atom. The summed E-state index contributed by atoms with van der Waals surface area (Å²) in [7, 11) is 5.38. The number of ether oxygens (including phenoxy) is 2. The monoisotopic (exact) mass is 266 g/mol. The lowest BCUT2D eigenvalue weighted by atomic mass is 10.3. The predicted octanol–water partition coefficient (Wildman–Crippen LogP) is 0.678. The van der Waals surface area contributed by atoms with Crippen LogP contribution in [0.1, 0.15) is 18.4 Å². The average Bonchev–Trinajstić information content (AvgIpc) is 3.27. The van der Waals surface area contributed by atoms with Gasteiger partial charge in [0, 0.05) is 25.7 Å². The van der Waals surface area contributed by atoms with Gasteiger partial charge in [-0.15, -0.1) is 0 Å². The maximum atomic E-state index is 5.23. The molecule has 0 unspecified atom stereocenters. The van der Waals surface area contributed by atoms with E-state index in [4.69, 9.17) is 9.47 Å². The van der Waals surface area contributed by atoms with E-state index >= 15 is 0 Å². The van der Waals surface area contributed by atoms with Crippen LogP contribution in [-0.2, 0) is 6.54 Å². The molecule has 1 aliphatic rings. The number of likely N-dealkylation sites (N-methyl/N-ethyl adjacent to an activating group) is 1. The Hall–Kier alpha value is -1.40. The van der Waals surface area contributed by atoms with Gasteiger partial charge in [0.1, 0.15) is 6.33 Å². The Morgan fingerprint density at radius 1 is 1.26 bits per heavy atom. The van der Waals surface area contributed by atoms with Gasteiger partial charge in [-0.05, 0) is 19.9 Å². The summed E-state index contributed by atoms with van der Waals surface area (Å²) in [6, 6.07) is 0.797. The van der Waals surface area contributed by atoms with Crippen LogP contribution in [0.3, 0.4) is 0 Å². The highest BCUT2D eigenvalue weighted by molar-refractivity contribution is 5.34. The standard InChI is InChI=1S/C13H22N4O2/c1-17(10-4-5-10)7-6-14-8-11-12(18-2)15-9-16-13(11)19-3/h9-10,14H,4-8H2,1-3H3. The minimum absolute atomic E-state index is 0.565. The summed E-state index contributed by atoms with van der Waals surface area (Å²) in [6.45, 7) is 2.61. The van der Waals surface area contributed by atoms with Crippen molar-refractivity contribution in [3.63, 3.8) is 0 Å². The minimum atomic E-state index is 0.565. The summed E-state index contributed by atoms with van der Waals surface area (Å²) < 4.78 is 10.5. The maximum absolute atomic E-state index is 5.23. The molecule has 106 valence electrons. The van der Waals surface area contributed by atoms with Crippen LogP contribution in [0.25, 0.3) is 0 Å². The van der Waals surface area contributed by atoms with Gasteiger partial charge < -0.3 is 19.7 Å². The molecule has 0 amide bonds. The van der Waals surface area contributed by atoms with Crippen molar-refractivity contribution in [1.29, 1.82) is 0 Å². The molecular weight excluding hydrogens is 244 g/mol. The molecule has 19 heavy (non-hydrogen) atoms. The predicted molar refractivity (Wildman–Crippen MR) is 72.5 cm³/mol. The molecule has 0 radical (unpaired) electrons. The third-order valence-electron chi connectivity index (χ3n) is 3.37. The van der Waals surface area contributed by atoms with E-state index in [0.717, 1.165) is 24.7 Å². The summed E-state index contributed by atoms with van der Waals surface area (Å²) in [5, 5.41) is 3.38. The van der Waals surface area contributed by atoms with Crippen LogP contribution < -0.4 is 14.8 Å². The molecule has 2 rings (SSSR count). The molecule has 1 heterocycles. The second-order valence-electron chi connectivity index (χ2n) is 4.76. The fraction of sp³-hybridized carbons (Fsp3) is 0.692. The Bertz CT molecular complexity index is 387. The third kappa shape index (κ3) is 3.78. The van der Waals surface area contributed by atoms with Gasteiger partial charge in [0.15, 0.2) is 0 Å². The quantitative estimate of drug-likeness (QED) is 0.698. The van der Waals surface area contributed by atoms with Crippen molar-refractivity contribution in [1.82, 2.24) is 20.2 Å². The Labute approximate surface area is 114 Å².